The minimum absolute atomic E-state index is 0.00426. The number of benzene rings is 1. The van der Waals surface area contributed by atoms with Crippen molar-refractivity contribution in [3.63, 3.8) is 0 Å². The summed E-state index contributed by atoms with van der Waals surface area (Å²) in [5.41, 5.74) is 2.72. The Morgan fingerprint density at radius 3 is 2.57 bits per heavy atom. The number of aliphatic imine (C=N–C) groups is 1. The van der Waals surface area contributed by atoms with Crippen molar-refractivity contribution in [2.24, 2.45) is 12.0 Å². The van der Waals surface area contributed by atoms with E-state index >= 15 is 0 Å². The molecule has 1 aromatic heterocycles. The van der Waals surface area contributed by atoms with Gasteiger partial charge in [0.1, 0.15) is 5.15 Å². The molecule has 2 rings (SSSR count). The maximum atomic E-state index is 12.1. The number of rotatable bonds is 7. The number of aromatic nitrogens is 1. The molecule has 0 saturated heterocycles. The molecule has 1 heterocycles. The fourth-order valence-corrected chi connectivity index (χ4v) is 3.10. The number of guanidine groups is 1. The second-order valence-electron chi connectivity index (χ2n) is 6.61. The van der Waals surface area contributed by atoms with Crippen LogP contribution >= 0.6 is 23.2 Å². The molecule has 2 N–H and O–H groups in total. The fraction of sp³-hybridized carbons (Fsp3) is 0.400. The molecule has 8 heteroatoms. The molecule has 0 saturated carbocycles. The Hall–Kier alpha value is -2.18. The van der Waals surface area contributed by atoms with Crippen molar-refractivity contribution in [1.29, 1.82) is 0 Å². The van der Waals surface area contributed by atoms with Crippen LogP contribution in [0.2, 0.25) is 10.2 Å². The van der Waals surface area contributed by atoms with E-state index in [4.69, 9.17) is 23.2 Å². The van der Waals surface area contributed by atoms with Gasteiger partial charge in [0.05, 0.1) is 11.6 Å². The molecule has 1 aromatic carbocycles. The van der Waals surface area contributed by atoms with Crippen molar-refractivity contribution >= 4 is 35.1 Å². The van der Waals surface area contributed by atoms with Crippen LogP contribution in [-0.2, 0) is 20.0 Å². The lowest BCUT2D eigenvalue weighted by atomic mass is 10.1. The van der Waals surface area contributed by atoms with Crippen molar-refractivity contribution < 1.29 is 4.79 Å². The summed E-state index contributed by atoms with van der Waals surface area (Å²) in [5.74, 6) is 0.723. The summed E-state index contributed by atoms with van der Waals surface area (Å²) in [4.78, 5) is 18.3. The largest absolute Gasteiger partial charge is 0.357 e. The Labute approximate surface area is 176 Å². The summed E-state index contributed by atoms with van der Waals surface area (Å²) in [5, 5.41) is 7.59. The Balaban J connectivity index is 1.97. The van der Waals surface area contributed by atoms with E-state index < -0.39 is 0 Å². The maximum absolute atomic E-state index is 12.1. The van der Waals surface area contributed by atoms with Crippen LogP contribution in [0, 0.1) is 0 Å². The highest BCUT2D eigenvalue weighted by atomic mass is 35.5. The molecule has 0 bridgehead atoms. The zero-order valence-corrected chi connectivity index (χ0v) is 18.2. The molecule has 0 spiro atoms. The lowest BCUT2D eigenvalue weighted by molar-refractivity contribution is 0.0827. The molecule has 152 valence electrons. The molecule has 0 fully saturated rings. The zero-order chi connectivity index (χ0) is 20.7. The molecule has 28 heavy (non-hydrogen) atoms. The molecule has 1 amide bonds. The van der Waals surface area contributed by atoms with Crippen LogP contribution < -0.4 is 10.6 Å². The van der Waals surface area contributed by atoms with Gasteiger partial charge in [-0.05, 0) is 37.1 Å². The van der Waals surface area contributed by atoms with Gasteiger partial charge in [0.2, 0.25) is 0 Å². The molecule has 0 aliphatic carbocycles. The van der Waals surface area contributed by atoms with Gasteiger partial charge in [-0.2, -0.15) is 0 Å². The fourth-order valence-electron chi connectivity index (χ4n) is 2.69. The van der Waals surface area contributed by atoms with Crippen molar-refractivity contribution in [2.75, 3.05) is 27.2 Å². The van der Waals surface area contributed by atoms with E-state index in [9.17, 15) is 4.79 Å². The number of carbonyl (C=O) groups excluding carboxylic acids is 1. The monoisotopic (exact) mass is 423 g/mol. The highest BCUT2D eigenvalue weighted by Crippen LogP contribution is 2.25. The number of carbonyl (C=O) groups is 1. The SMILES string of the molecule is CCNC(=NCc1cc(Cl)c(Cl)n1C)NCCc1cccc(C(=O)N(C)C)c1. The minimum Gasteiger partial charge on any atom is -0.357 e. The molecular formula is C20H27Cl2N5O. The number of hydrogen-bond acceptors (Lipinski definition) is 2. The van der Waals surface area contributed by atoms with E-state index in [1.54, 1.807) is 19.0 Å². The number of nitrogens with one attached hydrogen (secondary N) is 2. The third-order valence-corrected chi connectivity index (χ3v) is 5.09. The highest BCUT2D eigenvalue weighted by molar-refractivity contribution is 6.41. The Morgan fingerprint density at radius 1 is 1.21 bits per heavy atom. The second kappa shape index (κ2) is 10.4. The van der Waals surface area contributed by atoms with Crippen LogP contribution in [0.15, 0.2) is 35.3 Å². The molecule has 2 aromatic rings. The van der Waals surface area contributed by atoms with E-state index in [0.717, 1.165) is 30.2 Å². The van der Waals surface area contributed by atoms with Gasteiger partial charge in [0, 0.05) is 45.5 Å². The molecule has 0 aliphatic heterocycles. The van der Waals surface area contributed by atoms with Gasteiger partial charge in [-0.25, -0.2) is 4.99 Å². The number of hydrogen-bond donors (Lipinski definition) is 2. The topological polar surface area (TPSA) is 61.7 Å². The van der Waals surface area contributed by atoms with Gasteiger partial charge in [-0.15, -0.1) is 0 Å². The van der Waals surface area contributed by atoms with Gasteiger partial charge in [-0.1, -0.05) is 35.3 Å². The molecular weight excluding hydrogens is 397 g/mol. The average molecular weight is 424 g/mol. The van der Waals surface area contributed by atoms with Crippen molar-refractivity contribution in [2.45, 2.75) is 19.9 Å². The molecule has 0 atom stereocenters. The summed E-state index contributed by atoms with van der Waals surface area (Å²) in [6, 6.07) is 9.52. The van der Waals surface area contributed by atoms with Crippen LogP contribution in [0.1, 0.15) is 28.5 Å². The molecule has 0 aliphatic rings. The van der Waals surface area contributed by atoms with Crippen molar-refractivity contribution in [3.8, 4) is 0 Å². The highest BCUT2D eigenvalue weighted by Gasteiger charge is 2.10. The minimum atomic E-state index is 0.00426. The van der Waals surface area contributed by atoms with E-state index in [1.807, 2.05) is 48.9 Å². The molecule has 0 unspecified atom stereocenters. The van der Waals surface area contributed by atoms with Gasteiger partial charge >= 0.3 is 0 Å². The zero-order valence-electron chi connectivity index (χ0n) is 16.7. The molecule has 6 nitrogen and oxygen atoms in total. The summed E-state index contributed by atoms with van der Waals surface area (Å²) >= 11 is 12.2. The smallest absolute Gasteiger partial charge is 0.253 e. The van der Waals surface area contributed by atoms with Gasteiger partial charge in [0.25, 0.3) is 5.91 Å². The second-order valence-corrected chi connectivity index (χ2v) is 7.37. The standard InChI is InChI=1S/C20H27Cl2N5O/c1-5-23-20(25-13-16-12-17(21)18(22)27(16)4)24-10-9-14-7-6-8-15(11-14)19(28)26(2)3/h6-8,11-12H,5,9-10,13H2,1-4H3,(H2,23,24,25). The Bertz CT molecular complexity index is 845. The Kier molecular flexibility index (Phi) is 8.20. The number of halogens is 2. The first-order valence-corrected chi connectivity index (χ1v) is 9.91. The van der Waals surface area contributed by atoms with E-state index in [2.05, 4.69) is 15.6 Å². The lowest BCUT2D eigenvalue weighted by Crippen LogP contribution is -2.38. The van der Waals surface area contributed by atoms with Gasteiger partial charge in [-0.3, -0.25) is 4.79 Å². The van der Waals surface area contributed by atoms with E-state index in [-0.39, 0.29) is 5.91 Å². The summed E-state index contributed by atoms with van der Waals surface area (Å²) < 4.78 is 1.82. The van der Waals surface area contributed by atoms with Crippen LogP contribution in [0.4, 0.5) is 0 Å². The number of amides is 1. The van der Waals surface area contributed by atoms with Crippen LogP contribution in [0.3, 0.4) is 0 Å². The first kappa shape index (κ1) is 22.1. The maximum Gasteiger partial charge on any atom is 0.253 e. The summed E-state index contributed by atoms with van der Waals surface area (Å²) in [6.45, 7) is 3.93. The number of nitrogens with zero attached hydrogens (tertiary/aromatic N) is 3. The first-order valence-electron chi connectivity index (χ1n) is 9.15. The summed E-state index contributed by atoms with van der Waals surface area (Å²) in [6.07, 6.45) is 0.779. The first-order chi connectivity index (χ1) is 13.3. The van der Waals surface area contributed by atoms with E-state index in [1.165, 1.54) is 0 Å². The normalized spacial score (nSPS) is 11.4. The average Bonchev–Trinajstić information content (AvgIpc) is 2.92. The third kappa shape index (κ3) is 5.91. The van der Waals surface area contributed by atoms with Crippen molar-refractivity contribution in [3.05, 3.63) is 57.3 Å². The van der Waals surface area contributed by atoms with Crippen LogP contribution in [0.25, 0.3) is 0 Å². The van der Waals surface area contributed by atoms with Crippen molar-refractivity contribution in [1.82, 2.24) is 20.1 Å². The summed E-state index contributed by atoms with van der Waals surface area (Å²) in [7, 11) is 5.37. The van der Waals surface area contributed by atoms with E-state index in [0.29, 0.717) is 28.8 Å². The Morgan fingerprint density at radius 2 is 1.96 bits per heavy atom. The quantitative estimate of drug-likeness (QED) is 0.530. The van der Waals surface area contributed by atoms with Gasteiger partial charge in [0.15, 0.2) is 5.96 Å². The van der Waals surface area contributed by atoms with Crippen LogP contribution in [0.5, 0.6) is 0 Å². The predicted octanol–water partition coefficient (Wildman–Crippen LogP) is 3.33. The predicted molar refractivity (Wildman–Crippen MR) is 116 cm³/mol. The molecule has 0 radical (unpaired) electrons. The lowest BCUT2D eigenvalue weighted by Gasteiger charge is -2.13. The third-order valence-electron chi connectivity index (χ3n) is 4.25. The van der Waals surface area contributed by atoms with Gasteiger partial charge < -0.3 is 20.1 Å². The van der Waals surface area contributed by atoms with Crippen LogP contribution in [-0.4, -0.2) is 48.5 Å².